The first-order valence-corrected chi connectivity index (χ1v) is 7.96. The summed E-state index contributed by atoms with van der Waals surface area (Å²) in [6.07, 6.45) is 13.1. The Bertz CT molecular complexity index is 532. The van der Waals surface area contributed by atoms with Crippen LogP contribution in [0.5, 0.6) is 0 Å². The Balaban J connectivity index is 3.11. The molecule has 0 aliphatic heterocycles. The highest BCUT2D eigenvalue weighted by molar-refractivity contribution is 5.96. The highest BCUT2D eigenvalue weighted by atomic mass is 16.7. The molecular formula is C20H28O3. The van der Waals surface area contributed by atoms with Gasteiger partial charge in [-0.2, -0.15) is 0 Å². The number of hydrogen-bond acceptors (Lipinski definition) is 3. The maximum absolute atomic E-state index is 11.8. The molecule has 0 heterocycles. The summed E-state index contributed by atoms with van der Waals surface area (Å²) in [5.41, 5.74) is 2.25. The zero-order valence-electron chi connectivity index (χ0n) is 14.7. The third-order valence-corrected chi connectivity index (χ3v) is 4.76. The molecule has 126 valence electrons. The van der Waals surface area contributed by atoms with E-state index in [1.807, 2.05) is 12.2 Å². The predicted octanol–water partition coefficient (Wildman–Crippen LogP) is 4.06. The first-order valence-electron chi connectivity index (χ1n) is 7.96. The first kappa shape index (κ1) is 19.4. The van der Waals surface area contributed by atoms with Gasteiger partial charge in [-0.15, -0.1) is 6.42 Å². The Hall–Kier alpha value is -1.63. The molecule has 0 aromatic rings. The minimum Gasteiger partial charge on any atom is -0.359 e. The van der Waals surface area contributed by atoms with Crippen molar-refractivity contribution in [3.05, 3.63) is 36.0 Å². The average molecular weight is 316 g/mol. The lowest BCUT2D eigenvalue weighted by molar-refractivity contribution is -0.114. The Labute approximate surface area is 140 Å². The fourth-order valence-corrected chi connectivity index (χ4v) is 3.46. The van der Waals surface area contributed by atoms with Crippen molar-refractivity contribution in [3.63, 3.8) is 0 Å². The molecule has 0 saturated carbocycles. The van der Waals surface area contributed by atoms with E-state index in [1.165, 1.54) is 5.57 Å². The van der Waals surface area contributed by atoms with Crippen LogP contribution in [0.4, 0.5) is 0 Å². The summed E-state index contributed by atoms with van der Waals surface area (Å²) in [5, 5.41) is 0. The Morgan fingerprint density at radius 1 is 1.57 bits per heavy atom. The molecule has 3 nitrogen and oxygen atoms in total. The van der Waals surface area contributed by atoms with Gasteiger partial charge < -0.3 is 9.47 Å². The number of hydrogen-bond donors (Lipinski definition) is 0. The van der Waals surface area contributed by atoms with Gasteiger partial charge >= 0.3 is 0 Å². The Morgan fingerprint density at radius 3 is 2.83 bits per heavy atom. The van der Waals surface area contributed by atoms with Crippen LogP contribution in [-0.4, -0.2) is 25.8 Å². The second kappa shape index (κ2) is 8.86. The van der Waals surface area contributed by atoms with Gasteiger partial charge in [0.05, 0.1) is 6.10 Å². The minimum absolute atomic E-state index is 0.0908. The van der Waals surface area contributed by atoms with Crippen LogP contribution in [0.2, 0.25) is 0 Å². The topological polar surface area (TPSA) is 35.5 Å². The number of carbonyl (C=O) groups excluding carboxylic acids is 1. The molecule has 3 heteroatoms. The molecule has 0 N–H and O–H groups in total. The fourth-order valence-electron chi connectivity index (χ4n) is 3.46. The first-order chi connectivity index (χ1) is 10.9. The molecule has 0 unspecified atom stereocenters. The number of Topliss-reactive ketones (excluding diaryl/α,β-unsaturated/α-hetero) is 1. The van der Waals surface area contributed by atoms with Crippen LogP contribution < -0.4 is 0 Å². The van der Waals surface area contributed by atoms with Crippen molar-refractivity contribution in [1.82, 2.24) is 0 Å². The normalized spacial score (nSPS) is 22.0. The van der Waals surface area contributed by atoms with Gasteiger partial charge in [0.1, 0.15) is 6.79 Å². The third kappa shape index (κ3) is 4.92. The number of allylic oxidation sites excluding steroid dienone is 4. The summed E-state index contributed by atoms with van der Waals surface area (Å²) in [6, 6.07) is 0. The largest absolute Gasteiger partial charge is 0.359 e. The van der Waals surface area contributed by atoms with Gasteiger partial charge in [0, 0.05) is 13.5 Å². The summed E-state index contributed by atoms with van der Waals surface area (Å²) >= 11 is 0. The summed E-state index contributed by atoms with van der Waals surface area (Å²) < 4.78 is 10.9. The smallest absolute Gasteiger partial charge is 0.209 e. The van der Waals surface area contributed by atoms with E-state index in [0.29, 0.717) is 6.42 Å². The van der Waals surface area contributed by atoms with E-state index in [9.17, 15) is 4.79 Å². The maximum atomic E-state index is 11.8. The van der Waals surface area contributed by atoms with Gasteiger partial charge in [-0.1, -0.05) is 49.8 Å². The zero-order chi connectivity index (χ0) is 17.5. The zero-order valence-corrected chi connectivity index (χ0v) is 14.7. The second-order valence-electron chi connectivity index (χ2n) is 6.53. The molecule has 1 aliphatic rings. The average Bonchev–Trinajstić information content (AvgIpc) is 2.52. The number of methoxy groups -OCH3 is 1. The van der Waals surface area contributed by atoms with Crippen LogP contribution in [0.1, 0.15) is 40.0 Å². The van der Waals surface area contributed by atoms with Crippen LogP contribution in [0.3, 0.4) is 0 Å². The van der Waals surface area contributed by atoms with E-state index in [2.05, 4.69) is 33.3 Å². The molecule has 0 bridgehead atoms. The lowest BCUT2D eigenvalue weighted by Gasteiger charge is -2.44. The SMILES string of the molecule is C#CC(=O)CC1=C(C)CC[C@@H]([C@@H](/C=C/C=C)OCOC)C1(C)C. The number of rotatable bonds is 8. The highest BCUT2D eigenvalue weighted by Gasteiger charge is 2.41. The highest BCUT2D eigenvalue weighted by Crippen LogP contribution is 2.48. The van der Waals surface area contributed by atoms with E-state index in [0.717, 1.165) is 18.4 Å². The van der Waals surface area contributed by atoms with Gasteiger partial charge in [0.15, 0.2) is 0 Å². The standard InChI is InChI=1S/C20H28O3/c1-7-9-10-19(23-14-22-6)17-12-11-15(3)18(20(17,4)5)13-16(21)8-2/h2,7,9-10,17,19H,1,11-14H2,3-6H3/b10-9+/t17-,19+/m0/s1. The Morgan fingerprint density at radius 2 is 2.26 bits per heavy atom. The minimum atomic E-state index is -0.168. The lowest BCUT2D eigenvalue weighted by atomic mass is 9.62. The molecule has 23 heavy (non-hydrogen) atoms. The molecule has 0 aromatic heterocycles. The van der Waals surface area contributed by atoms with Crippen LogP contribution >= 0.6 is 0 Å². The van der Waals surface area contributed by atoms with Crippen molar-refractivity contribution in [2.75, 3.05) is 13.9 Å². The molecule has 0 saturated heterocycles. The monoisotopic (exact) mass is 316 g/mol. The summed E-state index contributed by atoms with van der Waals surface area (Å²) in [5.74, 6) is 2.32. The second-order valence-corrected chi connectivity index (χ2v) is 6.53. The molecule has 0 fully saturated rings. The molecular weight excluding hydrogens is 288 g/mol. The number of ketones is 1. The molecule has 0 aromatic carbocycles. The van der Waals surface area contributed by atoms with Gasteiger partial charge in [-0.05, 0) is 37.0 Å². The molecule has 0 amide bonds. The number of carbonyl (C=O) groups is 1. The van der Waals surface area contributed by atoms with Crippen LogP contribution in [0.25, 0.3) is 0 Å². The fraction of sp³-hybridized carbons (Fsp3) is 0.550. The van der Waals surface area contributed by atoms with Crippen LogP contribution in [-0.2, 0) is 14.3 Å². The van der Waals surface area contributed by atoms with Crippen molar-refractivity contribution >= 4 is 5.78 Å². The summed E-state index contributed by atoms with van der Waals surface area (Å²) in [7, 11) is 1.61. The van der Waals surface area contributed by atoms with Gasteiger partial charge in [-0.25, -0.2) is 0 Å². The van der Waals surface area contributed by atoms with E-state index in [-0.39, 0.29) is 30.0 Å². The summed E-state index contributed by atoms with van der Waals surface area (Å²) in [6.45, 7) is 10.4. The Kier molecular flexibility index (Phi) is 7.48. The van der Waals surface area contributed by atoms with E-state index in [1.54, 1.807) is 13.2 Å². The van der Waals surface area contributed by atoms with Crippen molar-refractivity contribution in [2.24, 2.45) is 11.3 Å². The van der Waals surface area contributed by atoms with Crippen molar-refractivity contribution in [2.45, 2.75) is 46.1 Å². The van der Waals surface area contributed by atoms with Crippen molar-refractivity contribution in [1.29, 1.82) is 0 Å². The van der Waals surface area contributed by atoms with E-state index >= 15 is 0 Å². The molecule has 1 aliphatic carbocycles. The van der Waals surface area contributed by atoms with Crippen molar-refractivity contribution in [3.8, 4) is 12.3 Å². The van der Waals surface area contributed by atoms with Crippen LogP contribution in [0.15, 0.2) is 36.0 Å². The third-order valence-electron chi connectivity index (χ3n) is 4.76. The quantitative estimate of drug-likeness (QED) is 0.223. The van der Waals surface area contributed by atoms with E-state index < -0.39 is 0 Å². The number of ether oxygens (including phenoxy) is 2. The van der Waals surface area contributed by atoms with Gasteiger partial charge in [0.25, 0.3) is 0 Å². The van der Waals surface area contributed by atoms with Crippen molar-refractivity contribution < 1.29 is 14.3 Å². The van der Waals surface area contributed by atoms with Crippen LogP contribution in [0, 0.1) is 23.7 Å². The van der Waals surface area contributed by atoms with Gasteiger partial charge in [-0.3, -0.25) is 4.79 Å². The molecule has 1 rings (SSSR count). The number of terminal acetylenes is 1. The predicted molar refractivity (Wildman–Crippen MR) is 93.7 cm³/mol. The molecule has 0 radical (unpaired) electrons. The van der Waals surface area contributed by atoms with E-state index in [4.69, 9.17) is 15.9 Å². The summed E-state index contributed by atoms with van der Waals surface area (Å²) in [4.78, 5) is 11.8. The maximum Gasteiger partial charge on any atom is 0.209 e. The molecule has 2 atom stereocenters. The van der Waals surface area contributed by atoms with Gasteiger partial charge in [0.2, 0.25) is 5.78 Å². The lowest BCUT2D eigenvalue weighted by Crippen LogP contribution is -2.40. The molecule has 0 spiro atoms.